The van der Waals surface area contributed by atoms with E-state index in [0.717, 1.165) is 29.8 Å². The van der Waals surface area contributed by atoms with Gasteiger partial charge in [0.2, 0.25) is 0 Å². The van der Waals surface area contributed by atoms with Crippen LogP contribution in [0, 0.1) is 0 Å². The molecule has 1 aliphatic heterocycles. The van der Waals surface area contributed by atoms with Gasteiger partial charge >= 0.3 is 0 Å². The molecule has 7 heteroatoms. The molecule has 106 valence electrons. The van der Waals surface area contributed by atoms with Crippen LogP contribution in [0.2, 0.25) is 0 Å². The van der Waals surface area contributed by atoms with Gasteiger partial charge in [-0.05, 0) is 22.4 Å². The maximum absolute atomic E-state index is 11.6. The highest BCUT2D eigenvalue weighted by atomic mass is 79.9. The maximum Gasteiger partial charge on any atom is 0.253 e. The van der Waals surface area contributed by atoms with Gasteiger partial charge in [-0.2, -0.15) is 5.10 Å². The van der Waals surface area contributed by atoms with Crippen molar-refractivity contribution in [3.05, 3.63) is 45.3 Å². The second-order valence-electron chi connectivity index (χ2n) is 5.07. The van der Waals surface area contributed by atoms with E-state index in [2.05, 4.69) is 30.9 Å². The fraction of sp³-hybridized carbons (Fsp3) is 0.462. The first kappa shape index (κ1) is 13.5. The summed E-state index contributed by atoms with van der Waals surface area (Å²) in [7, 11) is 1.77. The molecule has 1 atom stereocenters. The Morgan fingerprint density at radius 1 is 1.50 bits per heavy atom. The molecule has 0 amide bonds. The van der Waals surface area contributed by atoms with E-state index >= 15 is 0 Å². The fourth-order valence-electron chi connectivity index (χ4n) is 2.55. The van der Waals surface area contributed by atoms with Crippen molar-refractivity contribution in [2.75, 3.05) is 13.1 Å². The molecule has 20 heavy (non-hydrogen) atoms. The molecule has 0 aromatic carbocycles. The number of hydrogen-bond donors (Lipinski definition) is 0. The van der Waals surface area contributed by atoms with E-state index in [1.807, 2.05) is 17.1 Å². The monoisotopic (exact) mass is 337 g/mol. The van der Waals surface area contributed by atoms with Crippen molar-refractivity contribution in [1.82, 2.24) is 24.2 Å². The number of likely N-dealkylation sites (tertiary alicyclic amines) is 1. The maximum atomic E-state index is 11.6. The lowest BCUT2D eigenvalue weighted by Gasteiger charge is -2.17. The van der Waals surface area contributed by atoms with E-state index < -0.39 is 0 Å². The smallest absolute Gasteiger partial charge is 0.253 e. The largest absolute Gasteiger partial charge is 0.299 e. The van der Waals surface area contributed by atoms with Crippen LogP contribution < -0.4 is 5.56 Å². The quantitative estimate of drug-likeness (QED) is 0.844. The van der Waals surface area contributed by atoms with Gasteiger partial charge in [0.15, 0.2) is 0 Å². The van der Waals surface area contributed by atoms with Gasteiger partial charge in [-0.3, -0.25) is 18.9 Å². The third kappa shape index (κ3) is 2.69. The summed E-state index contributed by atoms with van der Waals surface area (Å²) in [5, 5.41) is 4.34. The van der Waals surface area contributed by atoms with E-state index in [0.29, 0.717) is 12.6 Å². The van der Waals surface area contributed by atoms with Crippen molar-refractivity contribution >= 4 is 15.9 Å². The average Bonchev–Trinajstić information content (AvgIpc) is 3.04. The zero-order valence-electron chi connectivity index (χ0n) is 11.2. The standard InChI is InChI=1S/C13H16BrN5O/c1-17-12(15-4-2-13(17)20)9-18-5-3-11(8-18)19-7-10(14)6-16-19/h2,4,6-7,11H,3,5,8-9H2,1H3. The van der Waals surface area contributed by atoms with Gasteiger partial charge in [0.1, 0.15) is 5.82 Å². The first-order chi connectivity index (χ1) is 9.63. The fourth-order valence-corrected chi connectivity index (χ4v) is 2.85. The predicted molar refractivity (Wildman–Crippen MR) is 78.3 cm³/mol. The number of aromatic nitrogens is 4. The van der Waals surface area contributed by atoms with E-state index in [4.69, 9.17) is 0 Å². The first-order valence-electron chi connectivity index (χ1n) is 6.56. The van der Waals surface area contributed by atoms with Gasteiger partial charge in [0, 0.05) is 38.6 Å². The number of rotatable bonds is 3. The van der Waals surface area contributed by atoms with E-state index in [9.17, 15) is 4.79 Å². The van der Waals surface area contributed by atoms with Gasteiger partial charge in [0.05, 0.1) is 23.3 Å². The van der Waals surface area contributed by atoms with E-state index in [-0.39, 0.29) is 5.56 Å². The van der Waals surface area contributed by atoms with Gasteiger partial charge in [-0.1, -0.05) is 0 Å². The first-order valence-corrected chi connectivity index (χ1v) is 7.36. The highest BCUT2D eigenvalue weighted by molar-refractivity contribution is 9.10. The summed E-state index contributed by atoms with van der Waals surface area (Å²) < 4.78 is 4.61. The van der Waals surface area contributed by atoms with Crippen LogP contribution in [-0.2, 0) is 13.6 Å². The summed E-state index contributed by atoms with van der Waals surface area (Å²) in [5.41, 5.74) is -0.0123. The molecule has 0 aliphatic carbocycles. The molecule has 2 aromatic rings. The normalized spacial score (nSPS) is 19.6. The van der Waals surface area contributed by atoms with E-state index in [1.165, 1.54) is 6.07 Å². The minimum Gasteiger partial charge on any atom is -0.299 e. The average molecular weight is 338 g/mol. The Bertz CT molecular complexity index is 665. The number of hydrogen-bond acceptors (Lipinski definition) is 4. The van der Waals surface area contributed by atoms with Crippen LogP contribution in [0.15, 0.2) is 33.9 Å². The summed E-state index contributed by atoms with van der Waals surface area (Å²) in [6.45, 7) is 2.62. The molecule has 1 saturated heterocycles. The van der Waals surface area contributed by atoms with Gasteiger partial charge in [-0.15, -0.1) is 0 Å². The number of nitrogens with zero attached hydrogens (tertiary/aromatic N) is 5. The molecule has 1 fully saturated rings. The molecule has 1 unspecified atom stereocenters. The Morgan fingerprint density at radius 3 is 3.10 bits per heavy atom. The van der Waals surface area contributed by atoms with Crippen molar-refractivity contribution in [2.45, 2.75) is 19.0 Å². The highest BCUT2D eigenvalue weighted by Gasteiger charge is 2.25. The lowest BCUT2D eigenvalue weighted by Crippen LogP contribution is -2.28. The van der Waals surface area contributed by atoms with Crippen molar-refractivity contribution in [3.63, 3.8) is 0 Å². The molecule has 0 radical (unpaired) electrons. The highest BCUT2D eigenvalue weighted by Crippen LogP contribution is 2.23. The Kier molecular flexibility index (Phi) is 3.71. The number of halogens is 1. The minimum absolute atomic E-state index is 0.0123. The summed E-state index contributed by atoms with van der Waals surface area (Å²) in [5.74, 6) is 0.805. The minimum atomic E-state index is -0.0123. The van der Waals surface area contributed by atoms with Crippen LogP contribution in [0.3, 0.4) is 0 Å². The summed E-state index contributed by atoms with van der Waals surface area (Å²) in [6, 6.07) is 1.87. The third-order valence-corrected chi connectivity index (χ3v) is 4.12. The second kappa shape index (κ2) is 5.49. The third-order valence-electron chi connectivity index (χ3n) is 3.72. The molecular formula is C13H16BrN5O. The van der Waals surface area contributed by atoms with Crippen molar-refractivity contribution in [2.24, 2.45) is 7.05 Å². The van der Waals surface area contributed by atoms with Crippen LogP contribution in [0.25, 0.3) is 0 Å². The molecule has 3 heterocycles. The Hall–Kier alpha value is -1.47. The van der Waals surface area contributed by atoms with Crippen molar-refractivity contribution in [3.8, 4) is 0 Å². The van der Waals surface area contributed by atoms with Crippen LogP contribution in [0.4, 0.5) is 0 Å². The molecular weight excluding hydrogens is 322 g/mol. The van der Waals surface area contributed by atoms with E-state index in [1.54, 1.807) is 17.8 Å². The molecule has 0 bridgehead atoms. The molecule has 0 saturated carbocycles. The van der Waals surface area contributed by atoms with Gasteiger partial charge in [-0.25, -0.2) is 4.98 Å². The Balaban J connectivity index is 1.69. The zero-order valence-corrected chi connectivity index (χ0v) is 12.8. The molecule has 3 rings (SSSR count). The van der Waals surface area contributed by atoms with Crippen LogP contribution >= 0.6 is 15.9 Å². The van der Waals surface area contributed by atoms with Crippen LogP contribution in [-0.4, -0.2) is 37.3 Å². The lowest BCUT2D eigenvalue weighted by atomic mass is 10.3. The van der Waals surface area contributed by atoms with Crippen molar-refractivity contribution in [1.29, 1.82) is 0 Å². The summed E-state index contributed by atoms with van der Waals surface area (Å²) >= 11 is 3.42. The zero-order chi connectivity index (χ0) is 14.1. The molecule has 2 aromatic heterocycles. The SMILES string of the molecule is Cn1c(CN2CCC(n3cc(Br)cn3)C2)nccc1=O. The molecule has 0 N–H and O–H groups in total. The van der Waals surface area contributed by atoms with Crippen LogP contribution in [0.5, 0.6) is 0 Å². The predicted octanol–water partition coefficient (Wildman–Crippen LogP) is 1.19. The Labute approximate surface area is 125 Å². The van der Waals surface area contributed by atoms with Crippen LogP contribution in [0.1, 0.15) is 18.3 Å². The summed E-state index contributed by atoms with van der Waals surface area (Å²) in [4.78, 5) is 18.2. The second-order valence-corrected chi connectivity index (χ2v) is 5.99. The van der Waals surface area contributed by atoms with Gasteiger partial charge < -0.3 is 0 Å². The molecule has 6 nitrogen and oxygen atoms in total. The van der Waals surface area contributed by atoms with Gasteiger partial charge in [0.25, 0.3) is 5.56 Å². The Morgan fingerprint density at radius 2 is 2.35 bits per heavy atom. The topological polar surface area (TPSA) is 56.0 Å². The molecule has 1 aliphatic rings. The summed E-state index contributed by atoms with van der Waals surface area (Å²) in [6.07, 6.45) is 6.46. The molecule has 0 spiro atoms. The van der Waals surface area contributed by atoms with Crippen molar-refractivity contribution < 1.29 is 0 Å². The lowest BCUT2D eigenvalue weighted by molar-refractivity contribution is 0.298.